The Morgan fingerprint density at radius 1 is 1.19 bits per heavy atom. The van der Waals surface area contributed by atoms with E-state index in [9.17, 15) is 10.1 Å². The monoisotopic (exact) mass is 346 g/mol. The molecule has 0 aliphatic carbocycles. The van der Waals surface area contributed by atoms with E-state index in [1.807, 2.05) is 62.4 Å². The summed E-state index contributed by atoms with van der Waals surface area (Å²) in [6.45, 7) is 3.86. The molecule has 1 heterocycles. The van der Waals surface area contributed by atoms with Gasteiger partial charge in [0.15, 0.2) is 0 Å². The van der Waals surface area contributed by atoms with Crippen molar-refractivity contribution in [2.24, 2.45) is 0 Å². The third-order valence-electron chi connectivity index (χ3n) is 4.86. The van der Waals surface area contributed by atoms with Crippen molar-refractivity contribution in [2.75, 3.05) is 7.11 Å². The van der Waals surface area contributed by atoms with E-state index in [1.165, 1.54) is 0 Å². The highest BCUT2D eigenvalue weighted by Crippen LogP contribution is 2.36. The number of ether oxygens (including phenoxy) is 1. The minimum atomic E-state index is -0.777. The molecule has 0 amide bonds. The fourth-order valence-electron chi connectivity index (χ4n) is 3.34. The van der Waals surface area contributed by atoms with Crippen LogP contribution >= 0.6 is 0 Å². The van der Waals surface area contributed by atoms with Gasteiger partial charge in [-0.2, -0.15) is 5.26 Å². The fraction of sp³-hybridized carbons (Fsp3) is 0.273. The van der Waals surface area contributed by atoms with Crippen molar-refractivity contribution in [1.29, 1.82) is 5.26 Å². The van der Waals surface area contributed by atoms with Crippen LogP contribution in [-0.2, 0) is 18.3 Å². The molecule has 0 spiro atoms. The molecule has 0 saturated carbocycles. The zero-order valence-corrected chi connectivity index (χ0v) is 15.3. The van der Waals surface area contributed by atoms with Gasteiger partial charge in [0.05, 0.1) is 18.6 Å². The van der Waals surface area contributed by atoms with Gasteiger partial charge in [-0.1, -0.05) is 37.3 Å². The quantitative estimate of drug-likeness (QED) is 0.755. The largest absolute Gasteiger partial charge is 0.496 e. The predicted octanol–water partition coefficient (Wildman–Crippen LogP) is 4.12. The number of nitriles is 1. The number of nitrogens with zero attached hydrogens (tertiary/aromatic N) is 1. The maximum Gasteiger partial charge on any atom is 0.251 e. The van der Waals surface area contributed by atoms with Gasteiger partial charge in [-0.3, -0.25) is 4.79 Å². The average Bonchev–Trinajstić information content (AvgIpc) is 2.67. The number of hydrogen-bond donors (Lipinski definition) is 1. The number of aryl methyl sites for hydroxylation is 1. The normalized spacial score (nSPS) is 13.2. The van der Waals surface area contributed by atoms with E-state index in [0.29, 0.717) is 18.6 Å². The molecule has 0 aliphatic rings. The zero-order valence-electron chi connectivity index (χ0n) is 15.3. The van der Waals surface area contributed by atoms with Crippen molar-refractivity contribution in [3.63, 3.8) is 0 Å². The summed E-state index contributed by atoms with van der Waals surface area (Å²) in [6.07, 6.45) is 1.22. The van der Waals surface area contributed by atoms with Crippen LogP contribution in [0, 0.1) is 11.3 Å². The second-order valence-electron chi connectivity index (χ2n) is 6.72. The molecule has 1 atom stereocenters. The van der Waals surface area contributed by atoms with Crippen molar-refractivity contribution in [3.8, 4) is 11.8 Å². The van der Waals surface area contributed by atoms with Crippen LogP contribution in [0.5, 0.6) is 5.75 Å². The number of rotatable bonds is 5. The molecule has 0 saturated heterocycles. The standard InChI is InChI=1S/C22H22N2O2/c1-4-16-10-17-11-20(26-3)18(12-19(17)24-21(16)25)22(2,14-23)13-15-8-6-5-7-9-15/h5-12H,4,13H2,1-3H3,(H,24,25). The van der Waals surface area contributed by atoms with Crippen molar-refractivity contribution in [3.05, 3.63) is 75.6 Å². The van der Waals surface area contributed by atoms with E-state index in [1.54, 1.807) is 7.11 Å². The maximum absolute atomic E-state index is 12.2. The summed E-state index contributed by atoms with van der Waals surface area (Å²) in [7, 11) is 1.61. The first-order valence-corrected chi connectivity index (χ1v) is 8.70. The van der Waals surface area contributed by atoms with Gasteiger partial charge < -0.3 is 9.72 Å². The Bertz CT molecular complexity index is 1030. The Hall–Kier alpha value is -3.06. The lowest BCUT2D eigenvalue weighted by Crippen LogP contribution is -2.24. The van der Waals surface area contributed by atoms with Crippen molar-refractivity contribution < 1.29 is 4.74 Å². The van der Waals surface area contributed by atoms with E-state index < -0.39 is 5.41 Å². The highest BCUT2D eigenvalue weighted by molar-refractivity contribution is 5.82. The molecule has 132 valence electrons. The van der Waals surface area contributed by atoms with Crippen LogP contribution < -0.4 is 10.3 Å². The van der Waals surface area contributed by atoms with Gasteiger partial charge in [0, 0.05) is 22.0 Å². The third-order valence-corrected chi connectivity index (χ3v) is 4.86. The predicted molar refractivity (Wildman–Crippen MR) is 104 cm³/mol. The number of aromatic amines is 1. The number of fused-ring (bicyclic) bond motifs is 1. The molecule has 1 aromatic heterocycles. The second-order valence-corrected chi connectivity index (χ2v) is 6.72. The van der Waals surface area contributed by atoms with Crippen LogP contribution in [0.15, 0.2) is 53.3 Å². The van der Waals surface area contributed by atoms with Crippen LogP contribution in [-0.4, -0.2) is 12.1 Å². The van der Waals surface area contributed by atoms with Gasteiger partial charge in [-0.15, -0.1) is 0 Å². The summed E-state index contributed by atoms with van der Waals surface area (Å²) in [4.78, 5) is 15.1. The highest BCUT2D eigenvalue weighted by atomic mass is 16.5. The molecule has 3 rings (SSSR count). The minimum Gasteiger partial charge on any atom is -0.496 e. The van der Waals surface area contributed by atoms with Gasteiger partial charge in [-0.25, -0.2) is 0 Å². The summed E-state index contributed by atoms with van der Waals surface area (Å²) in [5.74, 6) is 0.659. The number of benzene rings is 2. The Balaban J connectivity index is 2.18. The maximum atomic E-state index is 12.2. The summed E-state index contributed by atoms with van der Waals surface area (Å²) >= 11 is 0. The van der Waals surface area contributed by atoms with E-state index in [-0.39, 0.29) is 5.56 Å². The summed E-state index contributed by atoms with van der Waals surface area (Å²) in [5.41, 5.74) is 2.45. The van der Waals surface area contributed by atoms with Gasteiger partial charge >= 0.3 is 0 Å². The number of pyridine rings is 1. The van der Waals surface area contributed by atoms with E-state index in [0.717, 1.165) is 27.6 Å². The molecule has 4 nitrogen and oxygen atoms in total. The van der Waals surface area contributed by atoms with Crippen molar-refractivity contribution in [1.82, 2.24) is 4.98 Å². The molecular formula is C22H22N2O2. The van der Waals surface area contributed by atoms with Gasteiger partial charge in [0.25, 0.3) is 5.56 Å². The lowest BCUT2D eigenvalue weighted by Gasteiger charge is -2.25. The van der Waals surface area contributed by atoms with Gasteiger partial charge in [-0.05, 0) is 43.5 Å². The molecular weight excluding hydrogens is 324 g/mol. The lowest BCUT2D eigenvalue weighted by molar-refractivity contribution is 0.400. The smallest absolute Gasteiger partial charge is 0.251 e. The van der Waals surface area contributed by atoms with E-state index in [4.69, 9.17) is 4.74 Å². The fourth-order valence-corrected chi connectivity index (χ4v) is 3.34. The molecule has 0 aliphatic heterocycles. The molecule has 0 bridgehead atoms. The molecule has 0 radical (unpaired) electrons. The first-order valence-electron chi connectivity index (χ1n) is 8.70. The number of hydrogen-bond acceptors (Lipinski definition) is 3. The molecule has 26 heavy (non-hydrogen) atoms. The Kier molecular flexibility index (Phi) is 4.81. The van der Waals surface area contributed by atoms with Crippen LogP contribution in [0.2, 0.25) is 0 Å². The van der Waals surface area contributed by atoms with Crippen LogP contribution in [0.3, 0.4) is 0 Å². The molecule has 1 N–H and O–H groups in total. The number of nitrogens with one attached hydrogen (secondary N) is 1. The molecule has 4 heteroatoms. The Morgan fingerprint density at radius 2 is 1.92 bits per heavy atom. The summed E-state index contributed by atoms with van der Waals surface area (Å²) in [6, 6.07) is 18.0. The van der Waals surface area contributed by atoms with Gasteiger partial charge in [0.1, 0.15) is 5.75 Å². The van der Waals surface area contributed by atoms with Crippen LogP contribution in [0.4, 0.5) is 0 Å². The molecule has 2 aromatic carbocycles. The van der Waals surface area contributed by atoms with Gasteiger partial charge in [0.2, 0.25) is 0 Å². The van der Waals surface area contributed by atoms with E-state index >= 15 is 0 Å². The van der Waals surface area contributed by atoms with Crippen LogP contribution in [0.25, 0.3) is 10.9 Å². The Labute approximate surface area is 153 Å². The molecule has 3 aromatic rings. The number of aromatic nitrogens is 1. The van der Waals surface area contributed by atoms with Crippen molar-refractivity contribution in [2.45, 2.75) is 32.1 Å². The SMILES string of the molecule is CCc1cc2cc(OC)c(C(C)(C#N)Cc3ccccc3)cc2[nH]c1=O. The third kappa shape index (κ3) is 3.21. The topological polar surface area (TPSA) is 65.9 Å². The number of methoxy groups -OCH3 is 1. The van der Waals surface area contributed by atoms with Crippen LogP contribution in [0.1, 0.15) is 30.5 Å². The molecule has 1 unspecified atom stereocenters. The second kappa shape index (κ2) is 7.05. The summed E-state index contributed by atoms with van der Waals surface area (Å²) < 4.78 is 5.60. The lowest BCUT2D eigenvalue weighted by atomic mass is 9.77. The first-order chi connectivity index (χ1) is 12.5. The summed E-state index contributed by atoms with van der Waals surface area (Å²) in [5, 5.41) is 10.9. The minimum absolute atomic E-state index is 0.0853. The average molecular weight is 346 g/mol. The first kappa shape index (κ1) is 17.8. The molecule has 0 fully saturated rings. The highest BCUT2D eigenvalue weighted by Gasteiger charge is 2.31. The Morgan fingerprint density at radius 3 is 2.54 bits per heavy atom. The number of H-pyrrole nitrogens is 1. The zero-order chi connectivity index (χ0) is 18.7. The van der Waals surface area contributed by atoms with E-state index in [2.05, 4.69) is 11.1 Å². The van der Waals surface area contributed by atoms with Crippen molar-refractivity contribution >= 4 is 10.9 Å².